The highest BCUT2D eigenvalue weighted by Gasteiger charge is 2.25. The van der Waals surface area contributed by atoms with Crippen LogP contribution in [0.25, 0.3) is 11.0 Å². The van der Waals surface area contributed by atoms with E-state index in [-0.39, 0.29) is 5.41 Å². The molecule has 0 atom stereocenters. The van der Waals surface area contributed by atoms with Gasteiger partial charge in [0.1, 0.15) is 11.6 Å². The first-order valence-corrected chi connectivity index (χ1v) is 7.60. The Morgan fingerprint density at radius 3 is 2.81 bits per heavy atom. The number of nitrogen functional groups attached to an aromatic ring is 1. The fourth-order valence-corrected chi connectivity index (χ4v) is 3.40. The van der Waals surface area contributed by atoms with Crippen LogP contribution < -0.4 is 5.73 Å². The molecule has 0 aliphatic carbocycles. The number of nitriles is 1. The molecular weight excluding hydrogens is 280 g/mol. The fourth-order valence-electron chi connectivity index (χ4n) is 2.56. The molecule has 0 saturated carbocycles. The number of imidazole rings is 1. The van der Waals surface area contributed by atoms with Crippen molar-refractivity contribution in [1.82, 2.24) is 9.55 Å². The summed E-state index contributed by atoms with van der Waals surface area (Å²) in [6.07, 6.45) is 0. The molecule has 2 aromatic heterocycles. The number of anilines is 1. The van der Waals surface area contributed by atoms with Crippen molar-refractivity contribution >= 4 is 28.3 Å². The third kappa shape index (κ3) is 2.28. The molecule has 3 aromatic rings. The third-order valence-electron chi connectivity index (χ3n) is 3.67. The number of hydrogen-bond donors (Lipinski definition) is 1. The number of hydrogen-bond acceptors (Lipinski definition) is 4. The highest BCUT2D eigenvalue weighted by Crippen LogP contribution is 2.32. The van der Waals surface area contributed by atoms with Crippen LogP contribution in [0.4, 0.5) is 5.95 Å². The number of nitrogens with zero attached hydrogens (tertiary/aromatic N) is 3. The SMILES string of the molecule is CC(C)(Cn1c(N)nc2c(C#N)cccc21)c1cccs1. The molecule has 2 heterocycles. The standard InChI is InChI=1S/C16H16N4S/c1-16(2,13-7-4-8-21-13)10-20-12-6-3-5-11(9-17)14(12)19-15(20)18/h3-8H,10H2,1-2H3,(H2,18,19). The lowest BCUT2D eigenvalue weighted by Gasteiger charge is -2.24. The number of benzene rings is 1. The van der Waals surface area contributed by atoms with E-state index in [0.29, 0.717) is 17.0 Å². The first-order chi connectivity index (χ1) is 10.0. The highest BCUT2D eigenvalue weighted by molar-refractivity contribution is 7.10. The Morgan fingerprint density at radius 1 is 1.33 bits per heavy atom. The second-order valence-electron chi connectivity index (χ2n) is 5.70. The van der Waals surface area contributed by atoms with Gasteiger partial charge < -0.3 is 10.3 Å². The summed E-state index contributed by atoms with van der Waals surface area (Å²) in [6, 6.07) is 12.0. The topological polar surface area (TPSA) is 67.6 Å². The molecule has 0 bridgehead atoms. The van der Waals surface area contributed by atoms with Gasteiger partial charge in [0, 0.05) is 16.8 Å². The summed E-state index contributed by atoms with van der Waals surface area (Å²) in [7, 11) is 0. The lowest BCUT2D eigenvalue weighted by molar-refractivity contribution is 0.453. The Hall–Kier alpha value is -2.32. The van der Waals surface area contributed by atoms with Gasteiger partial charge >= 0.3 is 0 Å². The second-order valence-corrected chi connectivity index (χ2v) is 6.65. The second kappa shape index (κ2) is 4.90. The summed E-state index contributed by atoms with van der Waals surface area (Å²) >= 11 is 1.74. The van der Waals surface area contributed by atoms with Crippen molar-refractivity contribution in [3.63, 3.8) is 0 Å². The lowest BCUT2D eigenvalue weighted by atomic mass is 9.91. The fraction of sp³-hybridized carbons (Fsp3) is 0.250. The molecule has 1 aromatic carbocycles. The van der Waals surface area contributed by atoms with Crippen molar-refractivity contribution in [3.05, 3.63) is 46.2 Å². The predicted octanol–water partition coefficient (Wildman–Crippen LogP) is 3.53. The molecule has 21 heavy (non-hydrogen) atoms. The summed E-state index contributed by atoms with van der Waals surface area (Å²) in [6.45, 7) is 5.11. The Balaban J connectivity index is 2.10. The minimum Gasteiger partial charge on any atom is -0.369 e. The van der Waals surface area contributed by atoms with Crippen LogP contribution in [0, 0.1) is 11.3 Å². The molecular formula is C16H16N4S. The van der Waals surface area contributed by atoms with Crippen LogP contribution in [0.1, 0.15) is 24.3 Å². The number of rotatable bonds is 3. The van der Waals surface area contributed by atoms with Gasteiger partial charge in [0.2, 0.25) is 5.95 Å². The van der Waals surface area contributed by atoms with Gasteiger partial charge in [-0.3, -0.25) is 0 Å². The Kier molecular flexibility index (Phi) is 3.19. The van der Waals surface area contributed by atoms with Crippen LogP contribution in [0.5, 0.6) is 0 Å². The normalized spacial score (nSPS) is 11.7. The zero-order valence-electron chi connectivity index (χ0n) is 12.0. The van der Waals surface area contributed by atoms with E-state index in [1.165, 1.54) is 4.88 Å². The molecule has 2 N–H and O–H groups in total. The summed E-state index contributed by atoms with van der Waals surface area (Å²) in [4.78, 5) is 5.68. The lowest BCUT2D eigenvalue weighted by Crippen LogP contribution is -2.24. The molecule has 0 unspecified atom stereocenters. The van der Waals surface area contributed by atoms with E-state index in [4.69, 9.17) is 5.73 Å². The van der Waals surface area contributed by atoms with Crippen LogP contribution in [0.2, 0.25) is 0 Å². The molecule has 4 nitrogen and oxygen atoms in total. The van der Waals surface area contributed by atoms with Gasteiger partial charge in [0.05, 0.1) is 11.1 Å². The minimum atomic E-state index is -0.0431. The van der Waals surface area contributed by atoms with Gasteiger partial charge in [0.15, 0.2) is 0 Å². The minimum absolute atomic E-state index is 0.0431. The van der Waals surface area contributed by atoms with Gasteiger partial charge in [-0.2, -0.15) is 5.26 Å². The zero-order valence-corrected chi connectivity index (χ0v) is 12.8. The van der Waals surface area contributed by atoms with Crippen molar-refractivity contribution in [2.75, 3.05) is 5.73 Å². The summed E-state index contributed by atoms with van der Waals surface area (Å²) in [5, 5.41) is 11.3. The van der Waals surface area contributed by atoms with Crippen LogP contribution in [0.15, 0.2) is 35.7 Å². The Labute approximate surface area is 127 Å². The number of thiophene rings is 1. The predicted molar refractivity (Wildman–Crippen MR) is 86.2 cm³/mol. The molecule has 5 heteroatoms. The molecule has 0 aliphatic rings. The molecule has 106 valence electrons. The monoisotopic (exact) mass is 296 g/mol. The average Bonchev–Trinajstić information content (AvgIpc) is 3.08. The maximum atomic E-state index is 9.18. The van der Waals surface area contributed by atoms with E-state index in [0.717, 1.165) is 12.1 Å². The van der Waals surface area contributed by atoms with Gasteiger partial charge in [-0.15, -0.1) is 11.3 Å². The molecule has 0 spiro atoms. The maximum absolute atomic E-state index is 9.18. The van der Waals surface area contributed by atoms with Crippen LogP contribution in [-0.4, -0.2) is 9.55 Å². The first-order valence-electron chi connectivity index (χ1n) is 6.72. The van der Waals surface area contributed by atoms with Crippen molar-refractivity contribution in [2.45, 2.75) is 25.8 Å². The van der Waals surface area contributed by atoms with Crippen LogP contribution >= 0.6 is 11.3 Å². The maximum Gasteiger partial charge on any atom is 0.201 e. The summed E-state index contributed by atoms with van der Waals surface area (Å²) in [5.74, 6) is 0.456. The number of nitrogens with two attached hydrogens (primary N) is 1. The van der Waals surface area contributed by atoms with E-state index in [1.54, 1.807) is 17.4 Å². The molecule has 0 fully saturated rings. The number of fused-ring (bicyclic) bond motifs is 1. The first kappa shape index (κ1) is 13.7. The molecule has 0 amide bonds. The number of aromatic nitrogens is 2. The molecule has 3 rings (SSSR count). The summed E-state index contributed by atoms with van der Waals surface area (Å²) in [5.41, 5.74) is 8.20. The van der Waals surface area contributed by atoms with Crippen molar-refractivity contribution in [3.8, 4) is 6.07 Å². The summed E-state index contributed by atoms with van der Waals surface area (Å²) < 4.78 is 2.00. The van der Waals surface area contributed by atoms with E-state index >= 15 is 0 Å². The quantitative estimate of drug-likeness (QED) is 0.804. The Morgan fingerprint density at radius 2 is 2.14 bits per heavy atom. The van der Waals surface area contributed by atoms with Crippen LogP contribution in [-0.2, 0) is 12.0 Å². The zero-order chi connectivity index (χ0) is 15.0. The van der Waals surface area contributed by atoms with E-state index in [2.05, 4.69) is 42.4 Å². The smallest absolute Gasteiger partial charge is 0.201 e. The van der Waals surface area contributed by atoms with Gasteiger partial charge in [0.25, 0.3) is 0 Å². The molecule has 0 aliphatic heterocycles. The Bertz CT molecular complexity index is 822. The molecule has 0 radical (unpaired) electrons. The largest absolute Gasteiger partial charge is 0.369 e. The van der Waals surface area contributed by atoms with Gasteiger partial charge in [-0.1, -0.05) is 26.0 Å². The van der Waals surface area contributed by atoms with Crippen molar-refractivity contribution in [1.29, 1.82) is 5.26 Å². The van der Waals surface area contributed by atoms with Crippen molar-refractivity contribution < 1.29 is 0 Å². The highest BCUT2D eigenvalue weighted by atomic mass is 32.1. The average molecular weight is 296 g/mol. The van der Waals surface area contributed by atoms with Gasteiger partial charge in [-0.25, -0.2) is 4.98 Å². The number of para-hydroxylation sites is 1. The third-order valence-corrected chi connectivity index (χ3v) is 4.91. The van der Waals surface area contributed by atoms with E-state index in [1.807, 2.05) is 16.7 Å². The van der Waals surface area contributed by atoms with Crippen molar-refractivity contribution in [2.24, 2.45) is 0 Å². The van der Waals surface area contributed by atoms with Crippen LogP contribution in [0.3, 0.4) is 0 Å². The van der Waals surface area contributed by atoms with Gasteiger partial charge in [-0.05, 0) is 23.6 Å². The van der Waals surface area contributed by atoms with E-state index in [9.17, 15) is 5.26 Å². The molecule has 0 saturated heterocycles. The van der Waals surface area contributed by atoms with E-state index < -0.39 is 0 Å².